The second-order valence-corrected chi connectivity index (χ2v) is 2.92. The number of hydrogen-bond acceptors (Lipinski definition) is 3. The number of carbonyl (C=O) groups excluding carboxylic acids is 1. The van der Waals surface area contributed by atoms with Crippen LogP contribution >= 0.6 is 0 Å². The Labute approximate surface area is 81.8 Å². The number of ether oxygens (including phenoxy) is 1. The van der Waals surface area contributed by atoms with Crippen LogP contribution in [-0.2, 0) is 4.74 Å². The van der Waals surface area contributed by atoms with Crippen molar-refractivity contribution in [1.82, 2.24) is 4.98 Å². The van der Waals surface area contributed by atoms with Gasteiger partial charge in [-0.1, -0.05) is 12.2 Å². The first-order valence-corrected chi connectivity index (χ1v) is 4.29. The Balaban J connectivity index is 2.40. The van der Waals surface area contributed by atoms with E-state index in [1.54, 1.807) is 23.4 Å². The third kappa shape index (κ3) is 1.35. The van der Waals surface area contributed by atoms with Crippen molar-refractivity contribution in [3.8, 4) is 0 Å². The van der Waals surface area contributed by atoms with Gasteiger partial charge in [-0.25, -0.2) is 4.79 Å². The zero-order valence-electron chi connectivity index (χ0n) is 7.80. The van der Waals surface area contributed by atoms with Crippen LogP contribution in [-0.4, -0.2) is 24.7 Å². The monoisotopic (exact) mass is 190 g/mol. The molecule has 0 bridgehead atoms. The number of methoxy groups -OCH3 is 1. The number of fused-ring (bicyclic) bond motifs is 1. The van der Waals surface area contributed by atoms with Gasteiger partial charge in [0.2, 0.25) is 0 Å². The van der Waals surface area contributed by atoms with Crippen LogP contribution in [0.3, 0.4) is 0 Å². The van der Waals surface area contributed by atoms with Crippen LogP contribution in [0.2, 0.25) is 0 Å². The first-order valence-electron chi connectivity index (χ1n) is 4.29. The van der Waals surface area contributed by atoms with Crippen LogP contribution in [0, 0.1) is 0 Å². The summed E-state index contributed by atoms with van der Waals surface area (Å²) >= 11 is 0. The normalized spacial score (nSPS) is 13.6. The van der Waals surface area contributed by atoms with Gasteiger partial charge in [0.25, 0.3) is 0 Å². The van der Waals surface area contributed by atoms with Crippen LogP contribution in [0.15, 0.2) is 24.5 Å². The molecule has 0 spiro atoms. The highest BCUT2D eigenvalue weighted by molar-refractivity contribution is 5.92. The Kier molecular flexibility index (Phi) is 2.18. The molecule has 0 saturated heterocycles. The first kappa shape index (κ1) is 8.74. The molecule has 0 unspecified atom stereocenters. The largest absolute Gasteiger partial charge is 0.452 e. The molecule has 72 valence electrons. The van der Waals surface area contributed by atoms with Crippen LogP contribution in [0.5, 0.6) is 0 Å². The zero-order valence-corrected chi connectivity index (χ0v) is 7.80. The molecule has 0 saturated carbocycles. The van der Waals surface area contributed by atoms with Gasteiger partial charge in [0.05, 0.1) is 12.8 Å². The van der Waals surface area contributed by atoms with Gasteiger partial charge in [0, 0.05) is 24.5 Å². The van der Waals surface area contributed by atoms with Crippen molar-refractivity contribution in [2.45, 2.75) is 0 Å². The quantitative estimate of drug-likeness (QED) is 0.625. The van der Waals surface area contributed by atoms with Crippen molar-refractivity contribution >= 4 is 17.9 Å². The van der Waals surface area contributed by atoms with E-state index in [2.05, 4.69) is 9.72 Å². The molecule has 1 aromatic heterocycles. The maximum atomic E-state index is 11.4. The van der Waals surface area contributed by atoms with Gasteiger partial charge in [0.15, 0.2) is 0 Å². The Morgan fingerprint density at radius 3 is 3.29 bits per heavy atom. The SMILES string of the molecule is COC(=O)N1CC=Cc2cnccc21. The van der Waals surface area contributed by atoms with E-state index in [4.69, 9.17) is 0 Å². The molecule has 1 aliphatic rings. The standard InChI is InChI=1S/C10H10N2O2/c1-14-10(13)12-6-2-3-8-7-11-5-4-9(8)12/h2-5,7H,6H2,1H3. The highest BCUT2D eigenvalue weighted by Crippen LogP contribution is 2.24. The first-order chi connectivity index (χ1) is 6.83. The molecule has 4 nitrogen and oxygen atoms in total. The van der Waals surface area contributed by atoms with Gasteiger partial charge in [-0.3, -0.25) is 9.88 Å². The topological polar surface area (TPSA) is 42.4 Å². The summed E-state index contributed by atoms with van der Waals surface area (Å²) in [4.78, 5) is 16.9. The van der Waals surface area contributed by atoms with Gasteiger partial charge >= 0.3 is 6.09 Å². The second-order valence-electron chi connectivity index (χ2n) is 2.92. The van der Waals surface area contributed by atoms with Crippen LogP contribution < -0.4 is 4.90 Å². The van der Waals surface area contributed by atoms with E-state index >= 15 is 0 Å². The Morgan fingerprint density at radius 2 is 2.50 bits per heavy atom. The van der Waals surface area contributed by atoms with E-state index in [1.165, 1.54) is 7.11 Å². The maximum Gasteiger partial charge on any atom is 0.414 e. The van der Waals surface area contributed by atoms with Crippen LogP contribution in [0.1, 0.15) is 5.56 Å². The van der Waals surface area contributed by atoms with Gasteiger partial charge < -0.3 is 4.74 Å². The van der Waals surface area contributed by atoms with E-state index in [-0.39, 0.29) is 6.09 Å². The minimum atomic E-state index is -0.346. The summed E-state index contributed by atoms with van der Waals surface area (Å²) in [5, 5.41) is 0. The lowest BCUT2D eigenvalue weighted by Crippen LogP contribution is -2.32. The van der Waals surface area contributed by atoms with Gasteiger partial charge in [0.1, 0.15) is 0 Å². The van der Waals surface area contributed by atoms with E-state index in [9.17, 15) is 4.79 Å². The van der Waals surface area contributed by atoms with Gasteiger partial charge in [-0.2, -0.15) is 0 Å². The summed E-state index contributed by atoms with van der Waals surface area (Å²) in [5.74, 6) is 0. The number of nitrogens with zero attached hydrogens (tertiary/aromatic N) is 2. The fourth-order valence-corrected chi connectivity index (χ4v) is 1.44. The lowest BCUT2D eigenvalue weighted by atomic mass is 10.1. The number of pyridine rings is 1. The average molecular weight is 190 g/mol. The molecule has 2 rings (SSSR count). The molecule has 14 heavy (non-hydrogen) atoms. The smallest absolute Gasteiger partial charge is 0.414 e. The van der Waals surface area contributed by atoms with E-state index in [0.29, 0.717) is 6.54 Å². The van der Waals surface area contributed by atoms with Crippen molar-refractivity contribution in [3.05, 3.63) is 30.1 Å². The van der Waals surface area contributed by atoms with Gasteiger partial charge in [-0.05, 0) is 6.07 Å². The van der Waals surface area contributed by atoms with Crippen molar-refractivity contribution in [1.29, 1.82) is 0 Å². The maximum absolute atomic E-state index is 11.4. The molecule has 0 N–H and O–H groups in total. The lowest BCUT2D eigenvalue weighted by molar-refractivity contribution is 0.179. The predicted octanol–water partition coefficient (Wildman–Crippen LogP) is 1.68. The highest BCUT2D eigenvalue weighted by atomic mass is 16.5. The number of hydrogen-bond donors (Lipinski definition) is 0. The number of aromatic nitrogens is 1. The van der Waals surface area contributed by atoms with Crippen LogP contribution in [0.25, 0.3) is 6.08 Å². The van der Waals surface area contributed by atoms with E-state index in [1.807, 2.05) is 12.2 Å². The Bertz CT molecular complexity index is 387. The molecule has 4 heteroatoms. The summed E-state index contributed by atoms with van der Waals surface area (Å²) in [5.41, 5.74) is 1.78. The number of carbonyl (C=O) groups is 1. The molecule has 2 heterocycles. The Morgan fingerprint density at radius 1 is 1.64 bits per heavy atom. The highest BCUT2D eigenvalue weighted by Gasteiger charge is 2.19. The molecule has 0 radical (unpaired) electrons. The molecule has 0 atom stereocenters. The third-order valence-corrected chi connectivity index (χ3v) is 2.10. The van der Waals surface area contributed by atoms with Crippen molar-refractivity contribution in [3.63, 3.8) is 0 Å². The van der Waals surface area contributed by atoms with Crippen molar-refractivity contribution in [2.24, 2.45) is 0 Å². The van der Waals surface area contributed by atoms with Crippen LogP contribution in [0.4, 0.5) is 10.5 Å². The van der Waals surface area contributed by atoms with Gasteiger partial charge in [-0.15, -0.1) is 0 Å². The summed E-state index contributed by atoms with van der Waals surface area (Å²) in [6.07, 6.45) is 6.89. The van der Waals surface area contributed by atoms with Crippen molar-refractivity contribution in [2.75, 3.05) is 18.6 Å². The number of rotatable bonds is 0. The molecule has 1 aromatic rings. The molecular weight excluding hydrogens is 180 g/mol. The molecular formula is C10H10N2O2. The summed E-state index contributed by atoms with van der Waals surface area (Å²) in [6, 6.07) is 1.80. The summed E-state index contributed by atoms with van der Waals surface area (Å²) in [7, 11) is 1.38. The average Bonchev–Trinajstić information content (AvgIpc) is 2.27. The molecule has 0 aliphatic carbocycles. The molecule has 0 aromatic carbocycles. The zero-order chi connectivity index (χ0) is 9.97. The third-order valence-electron chi connectivity index (χ3n) is 2.10. The molecule has 1 amide bonds. The lowest BCUT2D eigenvalue weighted by Gasteiger charge is -2.24. The Hall–Kier alpha value is -1.84. The minimum absolute atomic E-state index is 0.346. The minimum Gasteiger partial charge on any atom is -0.452 e. The summed E-state index contributed by atoms with van der Waals surface area (Å²) in [6.45, 7) is 0.545. The second kappa shape index (κ2) is 3.49. The summed E-state index contributed by atoms with van der Waals surface area (Å²) < 4.78 is 4.68. The van der Waals surface area contributed by atoms with E-state index < -0.39 is 0 Å². The fraction of sp³-hybridized carbons (Fsp3) is 0.200. The fourth-order valence-electron chi connectivity index (χ4n) is 1.44. The molecule has 1 aliphatic heterocycles. The number of amides is 1. The van der Waals surface area contributed by atoms with E-state index in [0.717, 1.165) is 11.3 Å². The molecule has 0 fully saturated rings. The number of anilines is 1. The van der Waals surface area contributed by atoms with Crippen molar-refractivity contribution < 1.29 is 9.53 Å². The predicted molar refractivity (Wildman–Crippen MR) is 53.0 cm³/mol.